The Hall–Kier alpha value is -2.54. The summed E-state index contributed by atoms with van der Waals surface area (Å²) in [4.78, 5) is 14.9. The zero-order valence-corrected chi connectivity index (χ0v) is 17.6. The van der Waals surface area contributed by atoms with E-state index in [-0.39, 0.29) is 16.7 Å². The number of hydrogen-bond acceptors (Lipinski definition) is 4. The summed E-state index contributed by atoms with van der Waals surface area (Å²) in [5, 5.41) is 0. The van der Waals surface area contributed by atoms with Gasteiger partial charge in [-0.25, -0.2) is 8.42 Å². The highest BCUT2D eigenvalue weighted by Crippen LogP contribution is 2.35. The van der Waals surface area contributed by atoms with Crippen molar-refractivity contribution < 1.29 is 17.9 Å². The Kier molecular flexibility index (Phi) is 5.25. The first-order valence-electron chi connectivity index (χ1n) is 10.0. The molecule has 0 aromatic heterocycles. The lowest BCUT2D eigenvalue weighted by Gasteiger charge is -2.22. The second kappa shape index (κ2) is 7.71. The number of sulfonamides is 1. The molecule has 0 atom stereocenters. The molecule has 2 aromatic carbocycles. The molecule has 1 heterocycles. The van der Waals surface area contributed by atoms with Crippen LogP contribution in [0.3, 0.4) is 0 Å². The number of ether oxygens (including phenoxy) is 1. The summed E-state index contributed by atoms with van der Waals surface area (Å²) >= 11 is 0. The van der Waals surface area contributed by atoms with Crippen molar-refractivity contribution in [3.63, 3.8) is 0 Å². The van der Waals surface area contributed by atoms with Crippen LogP contribution in [0.25, 0.3) is 0 Å². The van der Waals surface area contributed by atoms with Crippen LogP contribution >= 0.6 is 0 Å². The maximum Gasteiger partial charge on any atom is 0.261 e. The number of carbonyl (C=O) groups excluding carboxylic acids is 1. The van der Waals surface area contributed by atoms with E-state index in [2.05, 4.69) is 4.72 Å². The van der Waals surface area contributed by atoms with Crippen molar-refractivity contribution in [3.05, 3.63) is 47.5 Å². The van der Waals surface area contributed by atoms with Crippen molar-refractivity contribution in [3.8, 4) is 5.75 Å². The van der Waals surface area contributed by atoms with E-state index >= 15 is 0 Å². The van der Waals surface area contributed by atoms with E-state index in [9.17, 15) is 13.2 Å². The van der Waals surface area contributed by atoms with Gasteiger partial charge in [-0.15, -0.1) is 0 Å². The molecule has 29 heavy (non-hydrogen) atoms. The second-order valence-corrected chi connectivity index (χ2v) is 9.48. The van der Waals surface area contributed by atoms with Crippen LogP contribution in [0.4, 0.5) is 11.4 Å². The number of carbonyl (C=O) groups is 1. The van der Waals surface area contributed by atoms with Crippen LogP contribution in [-0.2, 0) is 21.2 Å². The van der Waals surface area contributed by atoms with Crippen LogP contribution in [0.1, 0.15) is 36.8 Å². The van der Waals surface area contributed by atoms with Gasteiger partial charge in [0, 0.05) is 18.2 Å². The van der Waals surface area contributed by atoms with E-state index in [4.69, 9.17) is 4.74 Å². The van der Waals surface area contributed by atoms with E-state index in [1.807, 2.05) is 11.0 Å². The minimum absolute atomic E-state index is 0.101. The Bertz CT molecular complexity index is 1040. The first kappa shape index (κ1) is 19.8. The molecule has 154 valence electrons. The molecule has 0 unspecified atom stereocenters. The molecule has 0 bridgehead atoms. The highest BCUT2D eigenvalue weighted by molar-refractivity contribution is 7.92. The van der Waals surface area contributed by atoms with E-state index in [0.717, 1.165) is 48.9 Å². The molecule has 4 rings (SSSR count). The summed E-state index contributed by atoms with van der Waals surface area (Å²) < 4.78 is 33.5. The van der Waals surface area contributed by atoms with Gasteiger partial charge in [0.25, 0.3) is 10.0 Å². The zero-order valence-electron chi connectivity index (χ0n) is 16.8. The Labute approximate surface area is 171 Å². The molecule has 1 amide bonds. The van der Waals surface area contributed by atoms with Gasteiger partial charge in [-0.1, -0.05) is 18.9 Å². The van der Waals surface area contributed by atoms with E-state index in [1.54, 1.807) is 38.3 Å². The molecular weight excluding hydrogens is 388 g/mol. The van der Waals surface area contributed by atoms with Crippen molar-refractivity contribution >= 4 is 27.3 Å². The highest BCUT2D eigenvalue weighted by atomic mass is 32.2. The number of hydrogen-bond donors (Lipinski definition) is 1. The third-order valence-corrected chi connectivity index (χ3v) is 7.26. The van der Waals surface area contributed by atoms with Gasteiger partial charge in [0.1, 0.15) is 5.75 Å². The van der Waals surface area contributed by atoms with Crippen LogP contribution < -0.4 is 14.4 Å². The van der Waals surface area contributed by atoms with Gasteiger partial charge in [-0.3, -0.25) is 9.52 Å². The average Bonchev–Trinajstić information content (AvgIpc) is 3.37. The number of methoxy groups -OCH3 is 1. The number of aryl methyl sites for hydroxylation is 1. The number of fused-ring (bicyclic) bond motifs is 1. The van der Waals surface area contributed by atoms with E-state index < -0.39 is 10.0 Å². The number of amides is 1. The molecule has 0 spiro atoms. The fraction of sp³-hybridized carbons (Fsp3) is 0.409. The molecule has 6 nitrogen and oxygen atoms in total. The predicted molar refractivity (Wildman–Crippen MR) is 113 cm³/mol. The van der Waals surface area contributed by atoms with Gasteiger partial charge in [0.05, 0.1) is 17.7 Å². The number of rotatable bonds is 5. The van der Waals surface area contributed by atoms with Gasteiger partial charge < -0.3 is 9.64 Å². The third kappa shape index (κ3) is 3.83. The Morgan fingerprint density at radius 2 is 1.90 bits per heavy atom. The molecule has 7 heteroatoms. The van der Waals surface area contributed by atoms with Crippen molar-refractivity contribution in [2.24, 2.45) is 5.92 Å². The van der Waals surface area contributed by atoms with Gasteiger partial charge in [-0.05, 0) is 67.6 Å². The fourth-order valence-electron chi connectivity index (χ4n) is 4.30. The normalized spacial score (nSPS) is 16.7. The van der Waals surface area contributed by atoms with Gasteiger partial charge in [0.2, 0.25) is 5.91 Å². The van der Waals surface area contributed by atoms with Gasteiger partial charge >= 0.3 is 0 Å². The summed E-state index contributed by atoms with van der Waals surface area (Å²) in [6.07, 6.45) is 4.93. The predicted octanol–water partition coefficient (Wildman–Crippen LogP) is 3.88. The maximum absolute atomic E-state index is 12.9. The lowest BCUT2D eigenvalue weighted by Crippen LogP contribution is -2.33. The fourth-order valence-corrected chi connectivity index (χ4v) is 5.43. The maximum atomic E-state index is 12.9. The highest BCUT2D eigenvalue weighted by Gasteiger charge is 2.32. The lowest BCUT2D eigenvalue weighted by atomic mass is 10.1. The van der Waals surface area contributed by atoms with Crippen molar-refractivity contribution in [2.45, 2.75) is 43.9 Å². The Morgan fingerprint density at radius 1 is 1.14 bits per heavy atom. The monoisotopic (exact) mass is 414 g/mol. The molecule has 1 N–H and O–H groups in total. The molecule has 0 saturated heterocycles. The summed E-state index contributed by atoms with van der Waals surface area (Å²) in [5.74, 6) is 0.915. The molecule has 0 radical (unpaired) electrons. The van der Waals surface area contributed by atoms with Crippen molar-refractivity contribution in [1.82, 2.24) is 0 Å². The largest absolute Gasteiger partial charge is 0.496 e. The summed E-state index contributed by atoms with van der Waals surface area (Å²) in [5.41, 5.74) is 3.12. The zero-order chi connectivity index (χ0) is 20.6. The Balaban J connectivity index is 1.58. The molecule has 2 aromatic rings. The van der Waals surface area contributed by atoms with E-state index in [0.29, 0.717) is 18.0 Å². The van der Waals surface area contributed by atoms with Crippen LogP contribution in [-0.4, -0.2) is 28.0 Å². The van der Waals surface area contributed by atoms with Crippen molar-refractivity contribution in [2.75, 3.05) is 23.3 Å². The minimum atomic E-state index is -3.74. The molecule has 2 aliphatic rings. The van der Waals surface area contributed by atoms with Crippen LogP contribution in [0.15, 0.2) is 41.3 Å². The number of benzene rings is 2. The summed E-state index contributed by atoms with van der Waals surface area (Å²) in [6, 6.07) is 10.2. The van der Waals surface area contributed by atoms with Crippen molar-refractivity contribution in [1.29, 1.82) is 0 Å². The van der Waals surface area contributed by atoms with Crippen LogP contribution in [0.2, 0.25) is 0 Å². The third-order valence-electron chi connectivity index (χ3n) is 5.88. The Morgan fingerprint density at radius 3 is 2.59 bits per heavy atom. The smallest absolute Gasteiger partial charge is 0.261 e. The number of nitrogens with zero attached hydrogens (tertiary/aromatic N) is 1. The summed E-state index contributed by atoms with van der Waals surface area (Å²) in [6.45, 7) is 2.47. The molecule has 1 aliphatic heterocycles. The standard InChI is InChI=1S/C22H26N2O4S/c1-15-13-19(9-10-21(15)28-2)29(26,27)23-18-8-7-16-11-12-24(20(16)14-18)22(25)17-5-3-4-6-17/h7-10,13-14,17,23H,3-6,11-12H2,1-2H3. The molecule has 1 aliphatic carbocycles. The molecule has 1 saturated carbocycles. The first-order valence-corrected chi connectivity index (χ1v) is 11.5. The lowest BCUT2D eigenvalue weighted by molar-refractivity contribution is -0.122. The topological polar surface area (TPSA) is 75.7 Å². The number of nitrogens with one attached hydrogen (secondary N) is 1. The first-order chi connectivity index (χ1) is 13.9. The van der Waals surface area contributed by atoms with Crippen LogP contribution in [0, 0.1) is 12.8 Å². The number of anilines is 2. The van der Waals surface area contributed by atoms with Gasteiger partial charge in [-0.2, -0.15) is 0 Å². The van der Waals surface area contributed by atoms with E-state index in [1.165, 1.54) is 6.07 Å². The minimum Gasteiger partial charge on any atom is -0.496 e. The SMILES string of the molecule is COc1ccc(S(=O)(=O)Nc2ccc3c(c2)N(C(=O)C2CCCC2)CC3)cc1C. The van der Waals surface area contributed by atoms with Gasteiger partial charge in [0.15, 0.2) is 0 Å². The average molecular weight is 415 g/mol. The summed E-state index contributed by atoms with van der Waals surface area (Å²) in [7, 11) is -2.19. The quantitative estimate of drug-likeness (QED) is 0.806. The second-order valence-electron chi connectivity index (χ2n) is 7.80. The van der Waals surface area contributed by atoms with Crippen LogP contribution in [0.5, 0.6) is 5.75 Å². The molecular formula is C22H26N2O4S. The molecule has 1 fully saturated rings.